The van der Waals surface area contributed by atoms with E-state index in [-0.39, 0.29) is 0 Å². The number of allylic oxidation sites excluding steroid dienone is 1. The van der Waals surface area contributed by atoms with Gasteiger partial charge in [0.2, 0.25) is 4.77 Å². The van der Waals surface area contributed by atoms with Gasteiger partial charge < -0.3 is 4.42 Å². The van der Waals surface area contributed by atoms with E-state index < -0.39 is 0 Å². The molecule has 0 aliphatic carbocycles. The summed E-state index contributed by atoms with van der Waals surface area (Å²) in [4.78, 5) is 0. The van der Waals surface area contributed by atoms with Crippen LogP contribution in [-0.4, -0.2) is 21.1 Å². The van der Waals surface area contributed by atoms with Crippen LogP contribution in [-0.2, 0) is 0 Å². The lowest BCUT2D eigenvalue weighted by Crippen LogP contribution is -1.95. The van der Waals surface area contributed by atoms with E-state index in [1.54, 1.807) is 30.7 Å². The predicted octanol–water partition coefficient (Wildman–Crippen LogP) is 5.44. The van der Waals surface area contributed by atoms with Crippen LogP contribution in [0.3, 0.4) is 0 Å². The maximum absolute atomic E-state index is 6.24. The van der Waals surface area contributed by atoms with Gasteiger partial charge in [0.05, 0.1) is 17.5 Å². The molecular weight excluding hydrogens is 367 g/mol. The Morgan fingerprint density at radius 2 is 2.21 bits per heavy atom. The summed E-state index contributed by atoms with van der Waals surface area (Å²) in [5, 5.41) is 12.3. The molecule has 0 saturated carbocycles. The minimum absolute atomic E-state index is 0.359. The first kappa shape index (κ1) is 16.7. The third kappa shape index (κ3) is 3.67. The van der Waals surface area contributed by atoms with Gasteiger partial charge in [0.1, 0.15) is 5.76 Å². The zero-order valence-corrected chi connectivity index (χ0v) is 14.9. The molecule has 3 rings (SSSR count). The van der Waals surface area contributed by atoms with Gasteiger partial charge in [-0.15, -0.1) is 0 Å². The molecule has 0 unspecified atom stereocenters. The summed E-state index contributed by atoms with van der Waals surface area (Å²) in [7, 11) is 0. The lowest BCUT2D eigenvalue weighted by Gasteiger charge is -2.04. The number of aromatic nitrogens is 3. The van der Waals surface area contributed by atoms with Gasteiger partial charge in [0.25, 0.3) is 0 Å². The van der Waals surface area contributed by atoms with Crippen molar-refractivity contribution in [2.75, 3.05) is 0 Å². The Bertz CT molecular complexity index is 970. The van der Waals surface area contributed by atoms with Crippen molar-refractivity contribution in [1.29, 1.82) is 0 Å². The van der Waals surface area contributed by atoms with E-state index in [4.69, 9.17) is 39.8 Å². The number of H-pyrrole nitrogens is 1. The molecule has 1 aromatic carbocycles. The van der Waals surface area contributed by atoms with Crippen LogP contribution < -0.4 is 0 Å². The number of hydrogen-bond acceptors (Lipinski definition) is 4. The van der Waals surface area contributed by atoms with Crippen molar-refractivity contribution in [3.63, 3.8) is 0 Å². The Labute approximate surface area is 153 Å². The van der Waals surface area contributed by atoms with Crippen molar-refractivity contribution in [2.24, 2.45) is 5.10 Å². The van der Waals surface area contributed by atoms with Crippen molar-refractivity contribution in [1.82, 2.24) is 14.9 Å². The third-order valence-corrected chi connectivity index (χ3v) is 3.92. The molecule has 0 saturated heterocycles. The van der Waals surface area contributed by atoms with E-state index in [1.165, 1.54) is 4.68 Å². The van der Waals surface area contributed by atoms with E-state index >= 15 is 0 Å². The van der Waals surface area contributed by atoms with Gasteiger partial charge in [-0.1, -0.05) is 23.2 Å². The summed E-state index contributed by atoms with van der Waals surface area (Å²) in [5.41, 5.74) is 1.57. The molecule has 0 fully saturated rings. The van der Waals surface area contributed by atoms with Gasteiger partial charge in [-0.3, -0.25) is 0 Å². The zero-order chi connectivity index (χ0) is 17.1. The molecule has 24 heavy (non-hydrogen) atoms. The van der Waals surface area contributed by atoms with Gasteiger partial charge in [0.15, 0.2) is 5.82 Å². The molecular formula is C16H12Cl2N4OS. The first-order valence-corrected chi connectivity index (χ1v) is 8.10. The lowest BCUT2D eigenvalue weighted by atomic mass is 10.2. The number of aromatic amines is 1. The quantitative estimate of drug-likeness (QED) is 0.485. The molecule has 2 aromatic heterocycles. The fraction of sp³-hybridized carbons (Fsp3) is 0.0625. The molecule has 0 radical (unpaired) electrons. The highest BCUT2D eigenvalue weighted by Gasteiger charge is 2.12. The van der Waals surface area contributed by atoms with Gasteiger partial charge in [-0.25, -0.2) is 5.10 Å². The molecule has 0 aliphatic heterocycles. The van der Waals surface area contributed by atoms with Crippen LogP contribution in [0.1, 0.15) is 12.7 Å². The van der Waals surface area contributed by atoms with E-state index in [0.717, 1.165) is 11.3 Å². The van der Waals surface area contributed by atoms with Crippen molar-refractivity contribution < 1.29 is 4.42 Å². The molecule has 0 atom stereocenters. The number of rotatable bonds is 4. The van der Waals surface area contributed by atoms with Gasteiger partial charge in [-0.05, 0) is 61.1 Å². The smallest absolute Gasteiger partial charge is 0.216 e. The average molecular weight is 379 g/mol. The topological polar surface area (TPSA) is 59.1 Å². The number of furan rings is 1. The zero-order valence-electron chi connectivity index (χ0n) is 12.5. The molecule has 5 nitrogen and oxygen atoms in total. The fourth-order valence-corrected chi connectivity index (χ4v) is 2.70. The first-order chi connectivity index (χ1) is 11.5. The molecule has 0 amide bonds. The normalized spacial score (nSPS) is 12.2. The molecule has 0 aliphatic rings. The Morgan fingerprint density at radius 1 is 1.38 bits per heavy atom. The molecule has 8 heteroatoms. The van der Waals surface area contributed by atoms with Crippen LogP contribution in [0.4, 0.5) is 0 Å². The summed E-state index contributed by atoms with van der Waals surface area (Å²) in [5.74, 6) is 1.25. The van der Waals surface area contributed by atoms with Crippen molar-refractivity contribution in [3.8, 4) is 11.4 Å². The maximum atomic E-state index is 6.24. The minimum Gasteiger partial charge on any atom is -0.465 e. The average Bonchev–Trinajstić information content (AvgIpc) is 3.15. The molecule has 0 spiro atoms. The number of nitrogens with one attached hydrogen (secondary N) is 1. The van der Waals surface area contributed by atoms with Crippen molar-refractivity contribution in [3.05, 3.63) is 62.7 Å². The van der Waals surface area contributed by atoms with E-state index in [1.807, 2.05) is 25.1 Å². The Hall–Kier alpha value is -2.15. The second-order valence-corrected chi connectivity index (χ2v) is 6.17. The van der Waals surface area contributed by atoms with Gasteiger partial charge in [-0.2, -0.15) is 14.9 Å². The Balaban J connectivity index is 1.96. The molecule has 1 N–H and O–H groups in total. The summed E-state index contributed by atoms with van der Waals surface area (Å²) in [6, 6.07) is 8.83. The lowest BCUT2D eigenvalue weighted by molar-refractivity contribution is 0.557. The largest absolute Gasteiger partial charge is 0.465 e. The maximum Gasteiger partial charge on any atom is 0.216 e. The van der Waals surface area contributed by atoms with Crippen LogP contribution in [0.25, 0.3) is 17.5 Å². The van der Waals surface area contributed by atoms with E-state index in [2.05, 4.69) is 15.3 Å². The third-order valence-electron chi connectivity index (χ3n) is 3.11. The van der Waals surface area contributed by atoms with Crippen molar-refractivity contribution >= 4 is 47.7 Å². The highest BCUT2D eigenvalue weighted by molar-refractivity contribution is 7.71. The fourth-order valence-electron chi connectivity index (χ4n) is 2.03. The van der Waals surface area contributed by atoms with Crippen LogP contribution >= 0.6 is 35.4 Å². The van der Waals surface area contributed by atoms with Gasteiger partial charge in [0, 0.05) is 10.6 Å². The first-order valence-electron chi connectivity index (χ1n) is 6.93. The van der Waals surface area contributed by atoms with E-state index in [0.29, 0.717) is 26.2 Å². The second-order valence-electron chi connectivity index (χ2n) is 4.94. The summed E-state index contributed by atoms with van der Waals surface area (Å²) < 4.78 is 7.13. The SMILES string of the molecule is C/C(C=Nn1c(-c2ccc(Cl)cc2Cl)n[nH]c1=S)=C\c1ccco1. The van der Waals surface area contributed by atoms with Crippen LogP contribution in [0.2, 0.25) is 10.0 Å². The molecule has 3 aromatic rings. The minimum atomic E-state index is 0.359. The van der Waals surface area contributed by atoms with Crippen LogP contribution in [0.15, 0.2) is 51.7 Å². The summed E-state index contributed by atoms with van der Waals surface area (Å²) >= 11 is 17.4. The number of benzene rings is 1. The molecule has 122 valence electrons. The van der Waals surface area contributed by atoms with Crippen molar-refractivity contribution in [2.45, 2.75) is 6.92 Å². The molecule has 0 bridgehead atoms. The number of nitrogens with zero attached hydrogens (tertiary/aromatic N) is 3. The monoisotopic (exact) mass is 378 g/mol. The Morgan fingerprint density at radius 3 is 2.92 bits per heavy atom. The highest BCUT2D eigenvalue weighted by Crippen LogP contribution is 2.29. The standard InChI is InChI=1S/C16H12Cl2N4OS/c1-10(7-12-3-2-6-23-12)9-19-22-15(20-21-16(22)24)13-5-4-11(17)8-14(13)18/h2-9H,1H3,(H,21,24)/b10-7+,19-9?. The highest BCUT2D eigenvalue weighted by atomic mass is 35.5. The number of hydrogen-bond donors (Lipinski definition) is 1. The predicted molar refractivity (Wildman–Crippen MR) is 99.1 cm³/mol. The number of halogens is 2. The van der Waals surface area contributed by atoms with Crippen LogP contribution in [0.5, 0.6) is 0 Å². The van der Waals surface area contributed by atoms with E-state index in [9.17, 15) is 0 Å². The van der Waals surface area contributed by atoms with Gasteiger partial charge >= 0.3 is 0 Å². The summed E-state index contributed by atoms with van der Waals surface area (Å²) in [6.07, 6.45) is 5.15. The Kier molecular flexibility index (Phi) is 4.99. The van der Waals surface area contributed by atoms with Crippen LogP contribution in [0, 0.1) is 4.77 Å². The summed E-state index contributed by atoms with van der Waals surface area (Å²) in [6.45, 7) is 1.91. The molecule has 2 heterocycles. The second kappa shape index (κ2) is 7.17.